The summed E-state index contributed by atoms with van der Waals surface area (Å²) in [6, 6.07) is 4.72. The molecule has 2 rings (SSSR count). The minimum atomic E-state index is -3.59. The van der Waals surface area contributed by atoms with Crippen LogP contribution in [0.15, 0.2) is 27.6 Å². The summed E-state index contributed by atoms with van der Waals surface area (Å²) in [5.74, 6) is 0.487. The van der Waals surface area contributed by atoms with Gasteiger partial charge in [-0.2, -0.15) is 0 Å². The van der Waals surface area contributed by atoms with Crippen LogP contribution >= 0.6 is 15.9 Å². The summed E-state index contributed by atoms with van der Waals surface area (Å²) in [6.07, 6.45) is 3.58. The number of methoxy groups -OCH3 is 1. The molecule has 112 valence electrons. The quantitative estimate of drug-likeness (QED) is 0.839. The summed E-state index contributed by atoms with van der Waals surface area (Å²) in [5.41, 5.74) is 5.27. The molecule has 0 saturated heterocycles. The zero-order chi connectivity index (χ0) is 14.8. The summed E-state index contributed by atoms with van der Waals surface area (Å²) in [7, 11) is -2.09. The van der Waals surface area contributed by atoms with Gasteiger partial charge in [-0.1, -0.05) is 12.8 Å². The lowest BCUT2D eigenvalue weighted by molar-refractivity contribution is 0.398. The fourth-order valence-electron chi connectivity index (χ4n) is 2.55. The van der Waals surface area contributed by atoms with Crippen molar-refractivity contribution in [1.82, 2.24) is 4.72 Å². The van der Waals surface area contributed by atoms with Gasteiger partial charge in [-0.25, -0.2) is 13.1 Å². The van der Waals surface area contributed by atoms with Crippen molar-refractivity contribution < 1.29 is 13.2 Å². The number of benzene rings is 1. The van der Waals surface area contributed by atoms with Gasteiger partial charge in [-0.3, -0.25) is 0 Å². The molecule has 1 aliphatic rings. The molecule has 0 bridgehead atoms. The molecule has 0 aliphatic heterocycles. The predicted molar refractivity (Wildman–Crippen MR) is 81.3 cm³/mol. The Hall–Kier alpha value is -0.630. The summed E-state index contributed by atoms with van der Waals surface area (Å²) in [5, 5.41) is 0. The minimum absolute atomic E-state index is 0.192. The zero-order valence-electron chi connectivity index (χ0n) is 11.4. The largest absolute Gasteiger partial charge is 0.496 e. The van der Waals surface area contributed by atoms with Gasteiger partial charge in [0.1, 0.15) is 5.75 Å². The molecule has 7 heteroatoms. The first kappa shape index (κ1) is 15.8. The second-order valence-electron chi connectivity index (χ2n) is 5.09. The van der Waals surface area contributed by atoms with Crippen molar-refractivity contribution in [3.63, 3.8) is 0 Å². The van der Waals surface area contributed by atoms with E-state index in [9.17, 15) is 8.42 Å². The normalized spacial score (nSPS) is 18.1. The monoisotopic (exact) mass is 362 g/mol. The molecule has 20 heavy (non-hydrogen) atoms. The van der Waals surface area contributed by atoms with Crippen LogP contribution in [-0.4, -0.2) is 27.6 Å². The number of nitrogens with one attached hydrogen (secondary N) is 1. The number of hydrogen-bond donors (Lipinski definition) is 2. The van der Waals surface area contributed by atoms with Crippen LogP contribution in [0.5, 0.6) is 5.75 Å². The Balaban J connectivity index is 2.30. The number of sulfonamides is 1. The van der Waals surface area contributed by atoms with E-state index in [0.29, 0.717) is 16.8 Å². The van der Waals surface area contributed by atoms with Crippen LogP contribution in [0.25, 0.3) is 0 Å². The highest BCUT2D eigenvalue weighted by Crippen LogP contribution is 2.32. The molecule has 1 aliphatic carbocycles. The predicted octanol–water partition coefficient (Wildman–Crippen LogP) is 2.01. The number of ether oxygens (including phenoxy) is 1. The van der Waals surface area contributed by atoms with Crippen LogP contribution in [0.3, 0.4) is 0 Å². The van der Waals surface area contributed by atoms with E-state index in [1.54, 1.807) is 12.1 Å². The Kier molecular flexibility index (Phi) is 4.73. The summed E-state index contributed by atoms with van der Waals surface area (Å²) < 4.78 is 33.6. The molecular weight excluding hydrogens is 344 g/mol. The Bertz CT molecular complexity index is 583. The molecule has 0 atom stereocenters. The highest BCUT2D eigenvalue weighted by atomic mass is 79.9. The van der Waals surface area contributed by atoms with Crippen LogP contribution in [0.1, 0.15) is 25.7 Å². The standard InChI is InChI=1S/C13H19BrN2O3S/c1-19-12-8-10(4-5-11(12)14)20(17,18)16-13(9-15)6-2-3-7-13/h4-5,8,16H,2-3,6-7,9,15H2,1H3. The van der Waals surface area contributed by atoms with Crippen molar-refractivity contribution >= 4 is 26.0 Å². The fourth-order valence-corrected chi connectivity index (χ4v) is 4.44. The molecular formula is C13H19BrN2O3S. The number of halogens is 1. The van der Waals surface area contributed by atoms with E-state index in [-0.39, 0.29) is 4.90 Å². The van der Waals surface area contributed by atoms with Crippen molar-refractivity contribution in [3.8, 4) is 5.75 Å². The van der Waals surface area contributed by atoms with Crippen molar-refractivity contribution in [3.05, 3.63) is 22.7 Å². The molecule has 1 aromatic carbocycles. The molecule has 1 fully saturated rings. The highest BCUT2D eigenvalue weighted by molar-refractivity contribution is 9.10. The molecule has 0 aromatic heterocycles. The first-order valence-corrected chi connectivity index (χ1v) is 8.78. The minimum Gasteiger partial charge on any atom is -0.496 e. The zero-order valence-corrected chi connectivity index (χ0v) is 13.8. The van der Waals surface area contributed by atoms with E-state index in [1.165, 1.54) is 13.2 Å². The van der Waals surface area contributed by atoms with Crippen molar-refractivity contribution in [1.29, 1.82) is 0 Å². The Morgan fingerprint density at radius 2 is 2.05 bits per heavy atom. The van der Waals surface area contributed by atoms with Crippen LogP contribution in [-0.2, 0) is 10.0 Å². The molecule has 0 amide bonds. The van der Waals surface area contributed by atoms with E-state index in [2.05, 4.69) is 20.7 Å². The average Bonchev–Trinajstić information content (AvgIpc) is 2.87. The van der Waals surface area contributed by atoms with Gasteiger partial charge in [0.15, 0.2) is 0 Å². The SMILES string of the molecule is COc1cc(S(=O)(=O)NC2(CN)CCCC2)ccc1Br. The van der Waals surface area contributed by atoms with Crippen molar-refractivity contribution in [2.75, 3.05) is 13.7 Å². The fraction of sp³-hybridized carbons (Fsp3) is 0.538. The lowest BCUT2D eigenvalue weighted by Gasteiger charge is -2.28. The lowest BCUT2D eigenvalue weighted by atomic mass is 10.0. The molecule has 0 spiro atoms. The van der Waals surface area contributed by atoms with Gasteiger partial charge in [0.25, 0.3) is 0 Å². The Morgan fingerprint density at radius 1 is 1.40 bits per heavy atom. The van der Waals surface area contributed by atoms with Gasteiger partial charge in [0.05, 0.1) is 16.5 Å². The summed E-state index contributed by atoms with van der Waals surface area (Å²) in [4.78, 5) is 0.192. The third-order valence-electron chi connectivity index (χ3n) is 3.74. The average molecular weight is 363 g/mol. The molecule has 0 heterocycles. The van der Waals surface area contributed by atoms with Crippen LogP contribution < -0.4 is 15.2 Å². The first-order valence-electron chi connectivity index (χ1n) is 6.50. The van der Waals surface area contributed by atoms with Gasteiger partial charge in [-0.05, 0) is 40.9 Å². The summed E-state index contributed by atoms with van der Waals surface area (Å²) >= 11 is 3.31. The number of hydrogen-bond acceptors (Lipinski definition) is 4. The highest BCUT2D eigenvalue weighted by Gasteiger charge is 2.36. The second-order valence-corrected chi connectivity index (χ2v) is 7.63. The maximum Gasteiger partial charge on any atom is 0.241 e. The molecule has 0 unspecified atom stereocenters. The maximum absolute atomic E-state index is 12.5. The maximum atomic E-state index is 12.5. The molecule has 1 saturated carbocycles. The van der Waals surface area contributed by atoms with Crippen LogP contribution in [0, 0.1) is 0 Å². The Labute approximate surface area is 128 Å². The number of rotatable bonds is 5. The smallest absolute Gasteiger partial charge is 0.241 e. The molecule has 0 radical (unpaired) electrons. The molecule has 5 nitrogen and oxygen atoms in total. The van der Waals surface area contributed by atoms with E-state index >= 15 is 0 Å². The van der Waals surface area contributed by atoms with Crippen LogP contribution in [0.4, 0.5) is 0 Å². The van der Waals surface area contributed by atoms with E-state index < -0.39 is 15.6 Å². The molecule has 1 aromatic rings. The van der Waals surface area contributed by atoms with Gasteiger partial charge < -0.3 is 10.5 Å². The van der Waals surface area contributed by atoms with Crippen molar-refractivity contribution in [2.24, 2.45) is 5.73 Å². The third kappa shape index (κ3) is 3.16. The number of nitrogens with two attached hydrogens (primary N) is 1. The topological polar surface area (TPSA) is 81.4 Å². The second kappa shape index (κ2) is 6.01. The van der Waals surface area contributed by atoms with Crippen LogP contribution in [0.2, 0.25) is 0 Å². The van der Waals surface area contributed by atoms with Gasteiger partial charge in [-0.15, -0.1) is 0 Å². The van der Waals surface area contributed by atoms with Crippen molar-refractivity contribution in [2.45, 2.75) is 36.1 Å². The molecule has 3 N–H and O–H groups in total. The van der Waals surface area contributed by atoms with E-state index in [4.69, 9.17) is 10.5 Å². The summed E-state index contributed by atoms with van der Waals surface area (Å²) in [6.45, 7) is 0.319. The van der Waals surface area contributed by atoms with Gasteiger partial charge in [0, 0.05) is 18.2 Å². The lowest BCUT2D eigenvalue weighted by Crippen LogP contribution is -2.51. The van der Waals surface area contributed by atoms with Gasteiger partial charge in [0.2, 0.25) is 10.0 Å². The van der Waals surface area contributed by atoms with E-state index in [0.717, 1.165) is 25.7 Å². The Morgan fingerprint density at radius 3 is 2.60 bits per heavy atom. The van der Waals surface area contributed by atoms with Gasteiger partial charge >= 0.3 is 0 Å². The van der Waals surface area contributed by atoms with E-state index in [1.807, 2.05) is 0 Å². The third-order valence-corrected chi connectivity index (χ3v) is 5.97. The first-order chi connectivity index (χ1) is 9.42.